The summed E-state index contributed by atoms with van der Waals surface area (Å²) < 4.78 is 5.34. The second kappa shape index (κ2) is 5.50. The monoisotopic (exact) mass is 282 g/mol. The van der Waals surface area contributed by atoms with E-state index in [0.717, 1.165) is 25.7 Å². The summed E-state index contributed by atoms with van der Waals surface area (Å²) in [5.41, 5.74) is 0. The summed E-state index contributed by atoms with van der Waals surface area (Å²) in [6.45, 7) is 1.59. The molecule has 20 heavy (non-hydrogen) atoms. The minimum Gasteiger partial charge on any atom is -0.465 e. The van der Waals surface area contributed by atoms with Crippen LogP contribution in [0, 0.1) is 5.92 Å². The molecule has 0 bridgehead atoms. The number of ether oxygens (including phenoxy) is 1. The van der Waals surface area contributed by atoms with E-state index in [0.29, 0.717) is 31.7 Å². The molecule has 0 aromatic rings. The smallest absolute Gasteiger partial charge is 0.410 e. The first-order chi connectivity index (χ1) is 9.66. The first-order valence-electron chi connectivity index (χ1n) is 7.60. The first kappa shape index (κ1) is 13.5. The minimum atomic E-state index is -0.861. The number of amides is 2. The molecule has 3 fully saturated rings. The molecular formula is C14H22N2O4. The quantitative estimate of drug-likeness (QED) is 0.800. The largest absolute Gasteiger partial charge is 0.465 e. The molecule has 0 spiro atoms. The summed E-state index contributed by atoms with van der Waals surface area (Å²) in [5.74, 6) is 0.471. The van der Waals surface area contributed by atoms with Crippen LogP contribution < -0.4 is 0 Å². The van der Waals surface area contributed by atoms with Crippen molar-refractivity contribution in [3.63, 3.8) is 0 Å². The van der Waals surface area contributed by atoms with Gasteiger partial charge >= 0.3 is 12.2 Å². The van der Waals surface area contributed by atoms with E-state index in [4.69, 9.17) is 9.84 Å². The Morgan fingerprint density at radius 2 is 1.85 bits per heavy atom. The maximum atomic E-state index is 12.1. The Morgan fingerprint density at radius 3 is 2.55 bits per heavy atom. The van der Waals surface area contributed by atoms with Crippen molar-refractivity contribution in [2.45, 2.75) is 50.6 Å². The van der Waals surface area contributed by atoms with E-state index >= 15 is 0 Å². The van der Waals surface area contributed by atoms with Gasteiger partial charge in [-0.15, -0.1) is 0 Å². The highest BCUT2D eigenvalue weighted by Gasteiger charge is 2.42. The maximum Gasteiger partial charge on any atom is 0.410 e. The van der Waals surface area contributed by atoms with Crippen LogP contribution in [0.3, 0.4) is 0 Å². The van der Waals surface area contributed by atoms with Gasteiger partial charge in [0, 0.05) is 31.1 Å². The topological polar surface area (TPSA) is 70.1 Å². The van der Waals surface area contributed by atoms with Crippen molar-refractivity contribution in [2.75, 3.05) is 19.7 Å². The van der Waals surface area contributed by atoms with E-state index in [1.807, 2.05) is 4.90 Å². The van der Waals surface area contributed by atoms with Crippen LogP contribution in [0.15, 0.2) is 0 Å². The number of carboxylic acid groups (broad SMARTS) is 1. The van der Waals surface area contributed by atoms with Crippen molar-refractivity contribution in [1.82, 2.24) is 9.80 Å². The summed E-state index contributed by atoms with van der Waals surface area (Å²) >= 11 is 0. The van der Waals surface area contributed by atoms with Crippen molar-refractivity contribution in [2.24, 2.45) is 5.92 Å². The molecule has 2 amide bonds. The molecule has 6 nitrogen and oxygen atoms in total. The van der Waals surface area contributed by atoms with E-state index < -0.39 is 6.09 Å². The van der Waals surface area contributed by atoms with Crippen LogP contribution in [-0.4, -0.2) is 58.9 Å². The molecule has 2 saturated heterocycles. The average molecular weight is 282 g/mol. The Bertz CT molecular complexity index is 393. The molecule has 2 aliphatic heterocycles. The van der Waals surface area contributed by atoms with Crippen LogP contribution in [0.25, 0.3) is 0 Å². The Balaban J connectivity index is 1.68. The third kappa shape index (κ3) is 2.43. The predicted molar refractivity (Wildman–Crippen MR) is 71.6 cm³/mol. The SMILES string of the molecule is O=C(O)N1CCC(N2C(=O)OC[C@H]3CCCC[C@@H]32)CC1. The molecule has 0 aromatic carbocycles. The number of fused-ring (bicyclic) bond motifs is 1. The lowest BCUT2D eigenvalue weighted by Gasteiger charge is -2.48. The van der Waals surface area contributed by atoms with Gasteiger partial charge in [-0.05, 0) is 25.7 Å². The number of likely N-dealkylation sites (tertiary alicyclic amines) is 1. The van der Waals surface area contributed by atoms with Gasteiger partial charge in [-0.25, -0.2) is 9.59 Å². The normalized spacial score (nSPS) is 31.7. The van der Waals surface area contributed by atoms with Crippen LogP contribution in [-0.2, 0) is 4.74 Å². The Kier molecular flexibility index (Phi) is 3.72. The number of piperidine rings is 1. The summed E-state index contributed by atoms with van der Waals surface area (Å²) in [4.78, 5) is 26.5. The van der Waals surface area contributed by atoms with Gasteiger partial charge in [0.05, 0.1) is 6.61 Å². The van der Waals surface area contributed by atoms with Crippen molar-refractivity contribution < 1.29 is 19.4 Å². The highest BCUT2D eigenvalue weighted by atomic mass is 16.6. The standard InChI is InChI=1S/C14H22N2O4/c17-13(18)15-7-5-11(6-8-15)16-12-4-2-1-3-10(12)9-20-14(16)19/h10-12H,1-9H2,(H,17,18)/t10-,12+/m1/s1. The zero-order valence-electron chi connectivity index (χ0n) is 11.7. The number of cyclic esters (lactones) is 1. The van der Waals surface area contributed by atoms with Crippen molar-refractivity contribution in [3.05, 3.63) is 0 Å². The second-order valence-electron chi connectivity index (χ2n) is 6.10. The molecule has 1 aliphatic carbocycles. The van der Waals surface area contributed by atoms with E-state index in [2.05, 4.69) is 0 Å². The summed E-state index contributed by atoms with van der Waals surface area (Å²) in [6, 6.07) is 0.454. The predicted octanol–water partition coefficient (Wildman–Crippen LogP) is 2.14. The van der Waals surface area contributed by atoms with Crippen molar-refractivity contribution >= 4 is 12.2 Å². The van der Waals surface area contributed by atoms with Crippen LogP contribution in [0.4, 0.5) is 9.59 Å². The van der Waals surface area contributed by atoms with Crippen molar-refractivity contribution in [1.29, 1.82) is 0 Å². The zero-order chi connectivity index (χ0) is 14.1. The Hall–Kier alpha value is -1.46. The number of rotatable bonds is 1. The van der Waals surface area contributed by atoms with Gasteiger partial charge in [0.25, 0.3) is 0 Å². The zero-order valence-corrected chi connectivity index (χ0v) is 11.7. The van der Waals surface area contributed by atoms with Gasteiger partial charge in [0.2, 0.25) is 0 Å². The lowest BCUT2D eigenvalue weighted by atomic mass is 9.82. The lowest BCUT2D eigenvalue weighted by Crippen LogP contribution is -2.58. The maximum absolute atomic E-state index is 12.1. The van der Waals surface area contributed by atoms with E-state index in [1.165, 1.54) is 17.7 Å². The minimum absolute atomic E-state index is 0.143. The third-order valence-electron chi connectivity index (χ3n) is 4.99. The van der Waals surface area contributed by atoms with Crippen LogP contribution in [0.2, 0.25) is 0 Å². The van der Waals surface area contributed by atoms with Crippen LogP contribution in [0.1, 0.15) is 38.5 Å². The molecule has 6 heteroatoms. The average Bonchev–Trinajstić information content (AvgIpc) is 2.47. The molecule has 112 valence electrons. The van der Waals surface area contributed by atoms with Crippen LogP contribution in [0.5, 0.6) is 0 Å². The molecule has 2 atom stereocenters. The van der Waals surface area contributed by atoms with Crippen LogP contribution >= 0.6 is 0 Å². The van der Waals surface area contributed by atoms with Gasteiger partial charge < -0.3 is 19.6 Å². The highest BCUT2D eigenvalue weighted by molar-refractivity contribution is 5.69. The molecule has 0 unspecified atom stereocenters. The van der Waals surface area contributed by atoms with Gasteiger partial charge in [-0.3, -0.25) is 0 Å². The van der Waals surface area contributed by atoms with E-state index in [1.54, 1.807) is 0 Å². The fourth-order valence-electron chi connectivity index (χ4n) is 3.89. The third-order valence-corrected chi connectivity index (χ3v) is 4.99. The number of carbonyl (C=O) groups excluding carboxylic acids is 1. The Labute approximate surface area is 118 Å². The van der Waals surface area contributed by atoms with Gasteiger partial charge in [-0.1, -0.05) is 12.8 Å². The van der Waals surface area contributed by atoms with E-state index in [-0.39, 0.29) is 12.1 Å². The first-order valence-corrected chi connectivity index (χ1v) is 7.60. The van der Waals surface area contributed by atoms with Gasteiger partial charge in [-0.2, -0.15) is 0 Å². The summed E-state index contributed by atoms with van der Waals surface area (Å²) in [5, 5.41) is 8.99. The van der Waals surface area contributed by atoms with Gasteiger partial charge in [0.15, 0.2) is 0 Å². The Morgan fingerprint density at radius 1 is 1.15 bits per heavy atom. The van der Waals surface area contributed by atoms with Gasteiger partial charge in [0.1, 0.15) is 0 Å². The molecule has 0 radical (unpaired) electrons. The summed E-state index contributed by atoms with van der Waals surface area (Å²) in [6.07, 6.45) is 5.02. The number of nitrogens with zero attached hydrogens (tertiary/aromatic N) is 2. The second-order valence-corrected chi connectivity index (χ2v) is 6.10. The number of hydrogen-bond acceptors (Lipinski definition) is 3. The fourth-order valence-corrected chi connectivity index (χ4v) is 3.89. The number of hydrogen-bond donors (Lipinski definition) is 1. The lowest BCUT2D eigenvalue weighted by molar-refractivity contribution is -0.0358. The molecule has 3 rings (SSSR count). The molecule has 2 heterocycles. The molecule has 1 N–H and O–H groups in total. The molecule has 0 aromatic heterocycles. The van der Waals surface area contributed by atoms with E-state index in [9.17, 15) is 9.59 Å². The molecule has 1 saturated carbocycles. The molecular weight excluding hydrogens is 260 g/mol. The highest BCUT2D eigenvalue weighted by Crippen LogP contribution is 2.35. The summed E-state index contributed by atoms with van der Waals surface area (Å²) in [7, 11) is 0. The van der Waals surface area contributed by atoms with Crippen molar-refractivity contribution in [3.8, 4) is 0 Å². The fraction of sp³-hybridized carbons (Fsp3) is 0.857. The number of carbonyl (C=O) groups is 2. The molecule has 3 aliphatic rings.